The Balaban J connectivity index is 3.12. The molecule has 0 saturated heterocycles. The highest BCUT2D eigenvalue weighted by Crippen LogP contribution is 2.25. The third-order valence-electron chi connectivity index (χ3n) is 2.07. The lowest BCUT2D eigenvalue weighted by Crippen LogP contribution is -2.08. The summed E-state index contributed by atoms with van der Waals surface area (Å²) in [4.78, 5) is 11.5. The molecule has 4 heteroatoms. The number of nitrogen functional groups attached to an aromatic ring is 1. The van der Waals surface area contributed by atoms with E-state index in [9.17, 15) is 4.79 Å². The van der Waals surface area contributed by atoms with Gasteiger partial charge < -0.3 is 15.2 Å². The Kier molecular flexibility index (Phi) is 3.55. The molecule has 0 saturated carbocycles. The molecule has 1 aromatic carbocycles. The van der Waals surface area contributed by atoms with Gasteiger partial charge in [0, 0.05) is 0 Å². The van der Waals surface area contributed by atoms with Crippen molar-refractivity contribution in [3.8, 4) is 5.75 Å². The van der Waals surface area contributed by atoms with Crippen LogP contribution in [0.3, 0.4) is 0 Å². The normalized spacial score (nSPS) is 9.80. The van der Waals surface area contributed by atoms with Crippen LogP contribution in [0.5, 0.6) is 5.75 Å². The van der Waals surface area contributed by atoms with Crippen molar-refractivity contribution >= 4 is 11.7 Å². The lowest BCUT2D eigenvalue weighted by Gasteiger charge is -2.10. The second-order valence-electron chi connectivity index (χ2n) is 3.13. The largest absolute Gasteiger partial charge is 0.495 e. The number of benzene rings is 1. The zero-order valence-electron chi connectivity index (χ0n) is 9.16. The summed E-state index contributed by atoms with van der Waals surface area (Å²) in [7, 11) is 1.51. The Hall–Kier alpha value is -1.71. The van der Waals surface area contributed by atoms with Crippen LogP contribution in [0.25, 0.3) is 0 Å². The molecule has 0 atom stereocenters. The molecule has 0 aliphatic rings. The highest BCUT2D eigenvalue weighted by atomic mass is 16.5. The molecular formula is C11H15NO3. The van der Waals surface area contributed by atoms with Gasteiger partial charge in [-0.1, -0.05) is 0 Å². The van der Waals surface area contributed by atoms with Crippen LogP contribution in [0.1, 0.15) is 22.8 Å². The first-order chi connectivity index (χ1) is 7.10. The van der Waals surface area contributed by atoms with Crippen LogP contribution in [0.2, 0.25) is 0 Å². The van der Waals surface area contributed by atoms with Crippen LogP contribution >= 0.6 is 0 Å². The maximum absolute atomic E-state index is 11.5. The highest BCUT2D eigenvalue weighted by Gasteiger charge is 2.13. The van der Waals surface area contributed by atoms with Crippen LogP contribution in [0.4, 0.5) is 5.69 Å². The van der Waals surface area contributed by atoms with Gasteiger partial charge in [-0.05, 0) is 31.5 Å². The van der Waals surface area contributed by atoms with Crippen molar-refractivity contribution in [3.05, 3.63) is 23.3 Å². The minimum atomic E-state index is -0.353. The van der Waals surface area contributed by atoms with E-state index >= 15 is 0 Å². The number of hydrogen-bond donors (Lipinski definition) is 1. The molecule has 0 spiro atoms. The SMILES string of the molecule is CCOC(=O)c1cc(OC)c(N)cc1C. The summed E-state index contributed by atoms with van der Waals surface area (Å²) < 4.78 is 9.95. The van der Waals surface area contributed by atoms with Gasteiger partial charge in [0.05, 0.1) is 25.0 Å². The first-order valence-corrected chi connectivity index (χ1v) is 4.71. The van der Waals surface area contributed by atoms with E-state index in [0.29, 0.717) is 23.6 Å². The molecule has 15 heavy (non-hydrogen) atoms. The number of carbonyl (C=O) groups is 1. The van der Waals surface area contributed by atoms with Gasteiger partial charge in [0.1, 0.15) is 5.75 Å². The van der Waals surface area contributed by atoms with E-state index in [1.807, 2.05) is 6.92 Å². The Labute approximate surface area is 89.0 Å². The summed E-state index contributed by atoms with van der Waals surface area (Å²) in [6.07, 6.45) is 0. The Morgan fingerprint density at radius 1 is 1.47 bits per heavy atom. The molecule has 0 radical (unpaired) electrons. The van der Waals surface area contributed by atoms with Gasteiger partial charge in [-0.25, -0.2) is 4.79 Å². The van der Waals surface area contributed by atoms with Gasteiger partial charge in [0.25, 0.3) is 0 Å². The lowest BCUT2D eigenvalue weighted by molar-refractivity contribution is 0.0525. The van der Waals surface area contributed by atoms with E-state index in [2.05, 4.69) is 0 Å². The second-order valence-corrected chi connectivity index (χ2v) is 3.13. The van der Waals surface area contributed by atoms with Crippen LogP contribution in [0.15, 0.2) is 12.1 Å². The summed E-state index contributed by atoms with van der Waals surface area (Å²) in [6, 6.07) is 3.30. The van der Waals surface area contributed by atoms with Gasteiger partial charge in [0.2, 0.25) is 0 Å². The predicted molar refractivity (Wildman–Crippen MR) is 58.1 cm³/mol. The third kappa shape index (κ3) is 2.40. The number of ether oxygens (including phenoxy) is 2. The monoisotopic (exact) mass is 209 g/mol. The molecular weight excluding hydrogens is 194 g/mol. The van der Waals surface area contributed by atoms with E-state index in [0.717, 1.165) is 5.56 Å². The molecule has 0 bridgehead atoms. The molecule has 1 aromatic rings. The average Bonchev–Trinajstić information content (AvgIpc) is 2.18. The number of aryl methyl sites for hydroxylation is 1. The van der Waals surface area contributed by atoms with E-state index in [4.69, 9.17) is 15.2 Å². The summed E-state index contributed by atoms with van der Waals surface area (Å²) in [5.74, 6) is 0.136. The molecule has 0 heterocycles. The van der Waals surface area contributed by atoms with E-state index in [-0.39, 0.29) is 5.97 Å². The van der Waals surface area contributed by atoms with Gasteiger partial charge >= 0.3 is 5.97 Å². The molecule has 0 unspecified atom stereocenters. The molecule has 0 aliphatic carbocycles. The molecule has 0 amide bonds. The predicted octanol–water partition coefficient (Wildman–Crippen LogP) is 1.76. The Morgan fingerprint density at radius 2 is 2.13 bits per heavy atom. The van der Waals surface area contributed by atoms with E-state index < -0.39 is 0 Å². The summed E-state index contributed by atoms with van der Waals surface area (Å²) in [5, 5.41) is 0. The van der Waals surface area contributed by atoms with Crippen molar-refractivity contribution in [1.82, 2.24) is 0 Å². The number of carbonyl (C=O) groups excluding carboxylic acids is 1. The zero-order chi connectivity index (χ0) is 11.4. The van der Waals surface area contributed by atoms with Crippen molar-refractivity contribution in [2.75, 3.05) is 19.5 Å². The summed E-state index contributed by atoms with van der Waals surface area (Å²) in [5.41, 5.74) is 7.49. The van der Waals surface area contributed by atoms with E-state index in [1.165, 1.54) is 7.11 Å². The molecule has 2 N–H and O–H groups in total. The number of anilines is 1. The number of hydrogen-bond acceptors (Lipinski definition) is 4. The van der Waals surface area contributed by atoms with Gasteiger partial charge in [-0.2, -0.15) is 0 Å². The maximum Gasteiger partial charge on any atom is 0.338 e. The van der Waals surface area contributed by atoms with Crippen molar-refractivity contribution in [2.24, 2.45) is 0 Å². The smallest absolute Gasteiger partial charge is 0.338 e. The Morgan fingerprint density at radius 3 is 2.67 bits per heavy atom. The number of esters is 1. The quantitative estimate of drug-likeness (QED) is 0.608. The van der Waals surface area contributed by atoms with Crippen LogP contribution in [-0.2, 0) is 4.74 Å². The average molecular weight is 209 g/mol. The second kappa shape index (κ2) is 4.68. The zero-order valence-corrected chi connectivity index (χ0v) is 9.16. The first-order valence-electron chi connectivity index (χ1n) is 4.71. The fourth-order valence-corrected chi connectivity index (χ4v) is 1.32. The number of nitrogens with two attached hydrogens (primary N) is 1. The van der Waals surface area contributed by atoms with E-state index in [1.54, 1.807) is 19.1 Å². The van der Waals surface area contributed by atoms with Gasteiger partial charge in [-0.15, -0.1) is 0 Å². The molecule has 0 fully saturated rings. The van der Waals surface area contributed by atoms with Crippen molar-refractivity contribution in [2.45, 2.75) is 13.8 Å². The Bertz CT molecular complexity index is 374. The fourth-order valence-electron chi connectivity index (χ4n) is 1.32. The van der Waals surface area contributed by atoms with Crippen molar-refractivity contribution < 1.29 is 14.3 Å². The van der Waals surface area contributed by atoms with Gasteiger partial charge in [0.15, 0.2) is 0 Å². The minimum Gasteiger partial charge on any atom is -0.495 e. The molecule has 82 valence electrons. The lowest BCUT2D eigenvalue weighted by atomic mass is 10.1. The number of methoxy groups -OCH3 is 1. The first kappa shape index (κ1) is 11.4. The third-order valence-corrected chi connectivity index (χ3v) is 2.07. The highest BCUT2D eigenvalue weighted by molar-refractivity contribution is 5.92. The molecule has 4 nitrogen and oxygen atoms in total. The van der Waals surface area contributed by atoms with Crippen LogP contribution < -0.4 is 10.5 Å². The fraction of sp³-hybridized carbons (Fsp3) is 0.364. The maximum atomic E-state index is 11.5. The minimum absolute atomic E-state index is 0.352. The summed E-state index contributed by atoms with van der Waals surface area (Å²) >= 11 is 0. The molecule has 0 aliphatic heterocycles. The van der Waals surface area contributed by atoms with Gasteiger partial charge in [-0.3, -0.25) is 0 Å². The molecule has 1 rings (SSSR count). The summed E-state index contributed by atoms with van der Waals surface area (Å²) in [6.45, 7) is 3.93. The standard InChI is InChI=1S/C11H15NO3/c1-4-15-11(13)8-6-10(14-3)9(12)5-7(8)2/h5-6H,4,12H2,1-3H3. The topological polar surface area (TPSA) is 61.5 Å². The molecule has 0 aromatic heterocycles. The van der Waals surface area contributed by atoms with Crippen LogP contribution in [0, 0.1) is 6.92 Å². The van der Waals surface area contributed by atoms with Crippen LogP contribution in [-0.4, -0.2) is 19.7 Å². The van der Waals surface area contributed by atoms with Crippen molar-refractivity contribution in [1.29, 1.82) is 0 Å². The van der Waals surface area contributed by atoms with Crippen molar-refractivity contribution in [3.63, 3.8) is 0 Å². The number of rotatable bonds is 3.